The maximum Gasteiger partial charge on any atom is 0.167 e. The van der Waals surface area contributed by atoms with Crippen molar-refractivity contribution in [3.8, 4) is 0 Å². The molecule has 9 nitrogen and oxygen atoms in total. The maximum absolute atomic E-state index is 10.3. The number of hydrogen-bond donors (Lipinski definition) is 4. The van der Waals surface area contributed by atoms with E-state index in [0.717, 1.165) is 19.3 Å². The van der Waals surface area contributed by atoms with Crippen LogP contribution in [0.3, 0.4) is 0 Å². The predicted molar refractivity (Wildman–Crippen MR) is 104 cm³/mol. The summed E-state index contributed by atoms with van der Waals surface area (Å²) in [6, 6.07) is 8.71. The molecule has 29 heavy (non-hydrogen) atoms. The number of nitrogens with zero attached hydrogens (tertiary/aromatic N) is 4. The zero-order valence-electron chi connectivity index (χ0n) is 15.7. The molecule has 1 aliphatic heterocycles. The van der Waals surface area contributed by atoms with Crippen molar-refractivity contribution in [2.75, 3.05) is 11.9 Å². The van der Waals surface area contributed by atoms with E-state index in [2.05, 4.69) is 44.5 Å². The fourth-order valence-corrected chi connectivity index (χ4v) is 4.27. The first-order chi connectivity index (χ1) is 14.2. The standard InChI is InChI=1S/C20H23N5O4/c26-8-14-16(27)17(28)20(29-14)25-10-23-15-18(21-9-22-19(15)25)24-13-6-5-11-3-1-2-4-12(11)7-13/h1-4,9-10,13-14,16-17,20,26-28H,5-8H2,(H,21,22,24)/t13?,14-,16-,17-,20-/m1/s1. The van der Waals surface area contributed by atoms with Crippen molar-refractivity contribution in [2.24, 2.45) is 0 Å². The third-order valence-electron chi connectivity index (χ3n) is 5.84. The van der Waals surface area contributed by atoms with Crippen molar-refractivity contribution in [3.63, 3.8) is 0 Å². The number of hydrogen-bond acceptors (Lipinski definition) is 8. The smallest absolute Gasteiger partial charge is 0.167 e. The molecule has 0 spiro atoms. The summed E-state index contributed by atoms with van der Waals surface area (Å²) in [5.41, 5.74) is 3.81. The summed E-state index contributed by atoms with van der Waals surface area (Å²) in [5.74, 6) is 0.630. The van der Waals surface area contributed by atoms with Gasteiger partial charge in [0.15, 0.2) is 23.2 Å². The van der Waals surface area contributed by atoms with Gasteiger partial charge in [-0.25, -0.2) is 15.0 Å². The summed E-state index contributed by atoms with van der Waals surface area (Å²) < 4.78 is 7.18. The number of nitrogens with one attached hydrogen (secondary N) is 1. The van der Waals surface area contributed by atoms with Crippen LogP contribution in [-0.2, 0) is 17.6 Å². The Morgan fingerprint density at radius 2 is 1.93 bits per heavy atom. The molecule has 1 aliphatic carbocycles. The van der Waals surface area contributed by atoms with Crippen LogP contribution in [0.15, 0.2) is 36.9 Å². The minimum absolute atomic E-state index is 0.238. The molecule has 152 valence electrons. The molecule has 0 saturated carbocycles. The summed E-state index contributed by atoms with van der Waals surface area (Å²) >= 11 is 0. The second-order valence-corrected chi connectivity index (χ2v) is 7.63. The summed E-state index contributed by atoms with van der Waals surface area (Å²) in [5, 5.41) is 33.2. The molecule has 0 bridgehead atoms. The largest absolute Gasteiger partial charge is 0.394 e. The molecule has 9 heteroatoms. The molecule has 2 aromatic heterocycles. The molecule has 5 atom stereocenters. The minimum atomic E-state index is -1.19. The van der Waals surface area contributed by atoms with E-state index < -0.39 is 24.5 Å². The van der Waals surface area contributed by atoms with Crippen LogP contribution in [0.25, 0.3) is 11.2 Å². The Morgan fingerprint density at radius 1 is 1.10 bits per heavy atom. The summed E-state index contributed by atoms with van der Waals surface area (Å²) in [4.78, 5) is 13.1. The van der Waals surface area contributed by atoms with E-state index in [1.807, 2.05) is 0 Å². The Hall–Kier alpha value is -2.59. The third-order valence-corrected chi connectivity index (χ3v) is 5.84. The highest BCUT2D eigenvalue weighted by molar-refractivity contribution is 5.82. The van der Waals surface area contributed by atoms with Gasteiger partial charge in [0, 0.05) is 6.04 Å². The molecule has 3 aromatic rings. The number of ether oxygens (including phenoxy) is 1. The quantitative estimate of drug-likeness (QED) is 0.499. The van der Waals surface area contributed by atoms with Gasteiger partial charge >= 0.3 is 0 Å². The lowest BCUT2D eigenvalue weighted by Crippen LogP contribution is -2.33. The first-order valence-corrected chi connectivity index (χ1v) is 9.79. The number of anilines is 1. The van der Waals surface area contributed by atoms with Crippen molar-refractivity contribution in [3.05, 3.63) is 48.0 Å². The molecular formula is C20H23N5O4. The predicted octanol–water partition coefficient (Wildman–Crippen LogP) is 0.407. The average molecular weight is 397 g/mol. The van der Waals surface area contributed by atoms with Gasteiger partial charge in [-0.2, -0.15) is 0 Å². The number of aliphatic hydroxyl groups excluding tert-OH is 3. The van der Waals surface area contributed by atoms with Crippen LogP contribution in [-0.4, -0.2) is 65.8 Å². The molecule has 1 aromatic carbocycles. The Kier molecular flexibility index (Phi) is 4.67. The summed E-state index contributed by atoms with van der Waals surface area (Å²) in [7, 11) is 0. The van der Waals surface area contributed by atoms with Gasteiger partial charge in [-0.1, -0.05) is 24.3 Å². The second kappa shape index (κ2) is 7.34. The zero-order chi connectivity index (χ0) is 20.0. The molecule has 1 fully saturated rings. The number of aliphatic hydroxyl groups is 3. The molecule has 0 radical (unpaired) electrons. The first kappa shape index (κ1) is 18.4. The lowest BCUT2D eigenvalue weighted by molar-refractivity contribution is -0.0511. The van der Waals surface area contributed by atoms with Crippen molar-refractivity contribution in [2.45, 2.75) is 49.8 Å². The summed E-state index contributed by atoms with van der Waals surface area (Å²) in [6.45, 7) is -0.383. The SMILES string of the molecule is OC[C@H]1O[C@@H](n2cnc3c(NC4CCc5ccccc5C4)ncnc32)[C@H](O)[C@@H]1O. The van der Waals surface area contributed by atoms with E-state index in [4.69, 9.17) is 4.74 Å². The van der Waals surface area contributed by atoms with Crippen LogP contribution >= 0.6 is 0 Å². The molecule has 0 amide bonds. The van der Waals surface area contributed by atoms with Gasteiger partial charge in [0.05, 0.1) is 12.9 Å². The molecular weight excluding hydrogens is 374 g/mol. The van der Waals surface area contributed by atoms with E-state index in [-0.39, 0.29) is 12.6 Å². The molecule has 2 aliphatic rings. The molecule has 3 heterocycles. The lowest BCUT2D eigenvalue weighted by atomic mass is 9.88. The van der Waals surface area contributed by atoms with E-state index in [0.29, 0.717) is 17.0 Å². The minimum Gasteiger partial charge on any atom is -0.394 e. The van der Waals surface area contributed by atoms with Crippen molar-refractivity contribution in [1.82, 2.24) is 19.5 Å². The van der Waals surface area contributed by atoms with Gasteiger partial charge in [-0.15, -0.1) is 0 Å². The van der Waals surface area contributed by atoms with Crippen LogP contribution in [0, 0.1) is 0 Å². The maximum atomic E-state index is 10.3. The second-order valence-electron chi connectivity index (χ2n) is 7.63. The van der Waals surface area contributed by atoms with E-state index in [1.165, 1.54) is 23.8 Å². The number of benzene rings is 1. The number of rotatable bonds is 4. The Morgan fingerprint density at radius 3 is 2.72 bits per heavy atom. The highest BCUT2D eigenvalue weighted by atomic mass is 16.6. The number of aromatic nitrogens is 4. The number of imidazole rings is 1. The van der Waals surface area contributed by atoms with E-state index in [9.17, 15) is 15.3 Å². The van der Waals surface area contributed by atoms with Gasteiger partial charge < -0.3 is 25.4 Å². The fourth-order valence-electron chi connectivity index (χ4n) is 4.27. The van der Waals surface area contributed by atoms with E-state index in [1.54, 1.807) is 4.57 Å². The highest BCUT2D eigenvalue weighted by Crippen LogP contribution is 2.32. The van der Waals surface area contributed by atoms with Crippen LogP contribution in [0.4, 0.5) is 5.82 Å². The van der Waals surface area contributed by atoms with Crippen molar-refractivity contribution < 1.29 is 20.1 Å². The fraction of sp³-hybridized carbons (Fsp3) is 0.450. The zero-order valence-corrected chi connectivity index (χ0v) is 15.7. The average Bonchev–Trinajstić information content (AvgIpc) is 3.30. The Balaban J connectivity index is 1.41. The molecule has 1 unspecified atom stereocenters. The van der Waals surface area contributed by atoms with Gasteiger partial charge in [-0.05, 0) is 30.4 Å². The lowest BCUT2D eigenvalue weighted by Gasteiger charge is -2.25. The molecule has 1 saturated heterocycles. The number of fused-ring (bicyclic) bond motifs is 2. The normalized spacial score (nSPS) is 29.1. The molecule has 4 N–H and O–H groups in total. The van der Waals surface area contributed by atoms with Crippen molar-refractivity contribution >= 4 is 17.0 Å². The summed E-state index contributed by atoms with van der Waals surface area (Å²) in [6.07, 6.45) is 1.79. The van der Waals surface area contributed by atoms with Gasteiger partial charge in [0.1, 0.15) is 24.6 Å². The van der Waals surface area contributed by atoms with Crippen LogP contribution < -0.4 is 5.32 Å². The van der Waals surface area contributed by atoms with E-state index >= 15 is 0 Å². The molecule has 5 rings (SSSR count). The van der Waals surface area contributed by atoms with Gasteiger partial charge in [0.2, 0.25) is 0 Å². The third kappa shape index (κ3) is 3.16. The van der Waals surface area contributed by atoms with Crippen LogP contribution in [0.5, 0.6) is 0 Å². The highest BCUT2D eigenvalue weighted by Gasteiger charge is 2.44. The monoisotopic (exact) mass is 397 g/mol. The van der Waals surface area contributed by atoms with Crippen molar-refractivity contribution in [1.29, 1.82) is 0 Å². The Labute approximate surface area is 167 Å². The Bertz CT molecular complexity index is 1030. The number of aryl methyl sites for hydroxylation is 1. The first-order valence-electron chi connectivity index (χ1n) is 9.79. The van der Waals surface area contributed by atoms with Gasteiger partial charge in [0.25, 0.3) is 0 Å². The van der Waals surface area contributed by atoms with Crippen LogP contribution in [0.1, 0.15) is 23.8 Å². The topological polar surface area (TPSA) is 126 Å². The van der Waals surface area contributed by atoms with Gasteiger partial charge in [-0.3, -0.25) is 4.57 Å². The van der Waals surface area contributed by atoms with Crippen LogP contribution in [0.2, 0.25) is 0 Å².